The Morgan fingerprint density at radius 3 is 2.75 bits per heavy atom. The molecule has 0 aliphatic heterocycles. The molecule has 1 aliphatic rings. The van der Waals surface area contributed by atoms with Crippen molar-refractivity contribution in [1.82, 2.24) is 0 Å². The van der Waals surface area contributed by atoms with E-state index < -0.39 is 10.1 Å². The first-order valence-corrected chi connectivity index (χ1v) is 7.25. The van der Waals surface area contributed by atoms with Gasteiger partial charge >= 0.3 is 0 Å². The smallest absolute Gasteiger partial charge is 0.264 e. The molecule has 0 spiro atoms. The first-order valence-electron chi connectivity index (χ1n) is 5.43. The van der Waals surface area contributed by atoms with Crippen LogP contribution in [0, 0.1) is 0 Å². The maximum atomic E-state index is 11.1. The van der Waals surface area contributed by atoms with Gasteiger partial charge in [0.25, 0.3) is 10.1 Å². The summed E-state index contributed by atoms with van der Waals surface area (Å²) in [4.78, 5) is 0. The van der Waals surface area contributed by atoms with Gasteiger partial charge < -0.3 is 0 Å². The summed E-state index contributed by atoms with van der Waals surface area (Å²) >= 11 is 0. The van der Waals surface area contributed by atoms with Crippen molar-refractivity contribution in [3.05, 3.63) is 35.4 Å². The predicted octanol–water partition coefficient (Wildman–Crippen LogP) is 2.08. The molecule has 0 radical (unpaired) electrons. The Kier molecular flexibility index (Phi) is 3.04. The van der Waals surface area contributed by atoms with Crippen LogP contribution in [0.4, 0.5) is 0 Å². The Balaban J connectivity index is 2.19. The third kappa shape index (κ3) is 2.44. The van der Waals surface area contributed by atoms with Crippen LogP contribution in [0.25, 0.3) is 0 Å². The summed E-state index contributed by atoms with van der Waals surface area (Å²) < 4.78 is 27.2. The molecule has 1 aliphatic carbocycles. The standard InChI is InChI=1S/C12H16O3S/c1-9(15-16(2,13)14)11-8-7-10-5-3-4-6-12(10)11/h3-6,9,11H,7-8H2,1-2H3. The molecule has 2 rings (SSSR count). The molecule has 4 heteroatoms. The first-order chi connectivity index (χ1) is 7.47. The van der Waals surface area contributed by atoms with Crippen molar-refractivity contribution in [3.8, 4) is 0 Å². The van der Waals surface area contributed by atoms with Gasteiger partial charge in [0, 0.05) is 5.92 Å². The molecule has 0 saturated carbocycles. The predicted molar refractivity (Wildman–Crippen MR) is 62.9 cm³/mol. The lowest BCUT2D eigenvalue weighted by atomic mass is 9.97. The average Bonchev–Trinajstić information content (AvgIpc) is 2.58. The Bertz CT molecular complexity index is 479. The normalized spacial score (nSPS) is 21.8. The van der Waals surface area contributed by atoms with Gasteiger partial charge in [-0.15, -0.1) is 0 Å². The van der Waals surface area contributed by atoms with E-state index in [2.05, 4.69) is 12.1 Å². The molecule has 0 fully saturated rings. The topological polar surface area (TPSA) is 43.4 Å². The number of hydrogen-bond acceptors (Lipinski definition) is 3. The van der Waals surface area contributed by atoms with Gasteiger partial charge in [-0.05, 0) is 30.9 Å². The van der Waals surface area contributed by atoms with Crippen LogP contribution < -0.4 is 0 Å². The fourth-order valence-corrected chi connectivity index (χ4v) is 3.11. The largest absolute Gasteiger partial charge is 0.267 e. The summed E-state index contributed by atoms with van der Waals surface area (Å²) in [5.41, 5.74) is 2.55. The monoisotopic (exact) mass is 240 g/mol. The summed E-state index contributed by atoms with van der Waals surface area (Å²) in [5, 5.41) is 0. The zero-order chi connectivity index (χ0) is 11.8. The van der Waals surface area contributed by atoms with Gasteiger partial charge in [0.05, 0.1) is 12.4 Å². The van der Waals surface area contributed by atoms with E-state index in [1.54, 1.807) is 0 Å². The third-order valence-corrected chi connectivity index (χ3v) is 3.73. The molecule has 88 valence electrons. The molecular weight excluding hydrogens is 224 g/mol. The highest BCUT2D eigenvalue weighted by molar-refractivity contribution is 7.86. The third-order valence-electron chi connectivity index (χ3n) is 3.07. The van der Waals surface area contributed by atoms with Crippen molar-refractivity contribution < 1.29 is 12.6 Å². The van der Waals surface area contributed by atoms with Crippen molar-refractivity contribution in [2.75, 3.05) is 6.26 Å². The minimum absolute atomic E-state index is 0.200. The summed E-state index contributed by atoms with van der Waals surface area (Å²) in [6.07, 6.45) is 2.80. The molecule has 3 nitrogen and oxygen atoms in total. The molecule has 2 unspecified atom stereocenters. The van der Waals surface area contributed by atoms with Gasteiger partial charge in [-0.25, -0.2) is 0 Å². The molecule has 16 heavy (non-hydrogen) atoms. The minimum atomic E-state index is -3.36. The molecule has 0 heterocycles. The van der Waals surface area contributed by atoms with E-state index in [9.17, 15) is 8.42 Å². The van der Waals surface area contributed by atoms with Crippen molar-refractivity contribution in [1.29, 1.82) is 0 Å². The Labute approximate surface area is 96.6 Å². The SMILES string of the molecule is CC(OS(C)(=O)=O)C1CCc2ccccc21. The molecule has 1 aromatic rings. The second-order valence-electron chi connectivity index (χ2n) is 4.35. The second kappa shape index (κ2) is 4.18. The number of fused-ring (bicyclic) bond motifs is 1. The first kappa shape index (κ1) is 11.6. The van der Waals surface area contributed by atoms with Crippen LogP contribution in [-0.2, 0) is 20.7 Å². The molecule has 0 amide bonds. The summed E-state index contributed by atoms with van der Waals surface area (Å²) in [7, 11) is -3.36. The Hall–Kier alpha value is -0.870. The van der Waals surface area contributed by atoms with E-state index in [0.29, 0.717) is 0 Å². The van der Waals surface area contributed by atoms with Crippen molar-refractivity contribution >= 4 is 10.1 Å². The highest BCUT2D eigenvalue weighted by Crippen LogP contribution is 2.36. The van der Waals surface area contributed by atoms with Gasteiger partial charge in [-0.3, -0.25) is 4.18 Å². The highest BCUT2D eigenvalue weighted by atomic mass is 32.2. The van der Waals surface area contributed by atoms with Gasteiger partial charge in [0.15, 0.2) is 0 Å². The Morgan fingerprint density at radius 1 is 1.38 bits per heavy atom. The van der Waals surface area contributed by atoms with Crippen molar-refractivity contribution in [2.24, 2.45) is 0 Å². The maximum Gasteiger partial charge on any atom is 0.264 e. The highest BCUT2D eigenvalue weighted by Gasteiger charge is 2.29. The summed E-state index contributed by atoms with van der Waals surface area (Å²) in [6.45, 7) is 1.83. The fourth-order valence-electron chi connectivity index (χ4n) is 2.42. The Morgan fingerprint density at radius 2 is 2.06 bits per heavy atom. The van der Waals surface area contributed by atoms with Crippen LogP contribution >= 0.6 is 0 Å². The van der Waals surface area contributed by atoms with Gasteiger partial charge in [0.1, 0.15) is 0 Å². The molecule has 0 N–H and O–H groups in total. The zero-order valence-electron chi connectivity index (χ0n) is 9.51. The summed E-state index contributed by atoms with van der Waals surface area (Å²) in [6, 6.07) is 8.17. The second-order valence-corrected chi connectivity index (χ2v) is 5.95. The van der Waals surface area contributed by atoms with E-state index >= 15 is 0 Å². The molecule has 0 saturated heterocycles. The van der Waals surface area contributed by atoms with Crippen LogP contribution in [0.1, 0.15) is 30.4 Å². The van der Waals surface area contributed by atoms with Crippen LogP contribution in [0.3, 0.4) is 0 Å². The molecule has 1 aromatic carbocycles. The summed E-state index contributed by atoms with van der Waals surface area (Å²) in [5.74, 6) is 0.200. The fraction of sp³-hybridized carbons (Fsp3) is 0.500. The van der Waals surface area contributed by atoms with Crippen LogP contribution in [0.5, 0.6) is 0 Å². The average molecular weight is 240 g/mol. The number of benzene rings is 1. The maximum absolute atomic E-state index is 11.1. The number of aryl methyl sites for hydroxylation is 1. The number of hydrogen-bond donors (Lipinski definition) is 0. The lowest BCUT2D eigenvalue weighted by Gasteiger charge is -2.19. The minimum Gasteiger partial charge on any atom is -0.267 e. The van der Waals surface area contributed by atoms with Crippen LogP contribution in [0.2, 0.25) is 0 Å². The van der Waals surface area contributed by atoms with Crippen LogP contribution in [0.15, 0.2) is 24.3 Å². The molecular formula is C12H16O3S. The van der Waals surface area contributed by atoms with Gasteiger partial charge in [-0.1, -0.05) is 24.3 Å². The quantitative estimate of drug-likeness (QED) is 0.760. The van der Waals surface area contributed by atoms with E-state index in [-0.39, 0.29) is 12.0 Å². The lowest BCUT2D eigenvalue weighted by molar-refractivity contribution is 0.197. The lowest BCUT2D eigenvalue weighted by Crippen LogP contribution is -2.20. The van der Waals surface area contributed by atoms with Gasteiger partial charge in [-0.2, -0.15) is 8.42 Å². The van der Waals surface area contributed by atoms with E-state index in [4.69, 9.17) is 4.18 Å². The number of rotatable bonds is 3. The van der Waals surface area contributed by atoms with E-state index in [0.717, 1.165) is 19.1 Å². The molecule has 0 bridgehead atoms. The van der Waals surface area contributed by atoms with Crippen molar-refractivity contribution in [3.63, 3.8) is 0 Å². The molecule has 2 atom stereocenters. The van der Waals surface area contributed by atoms with Gasteiger partial charge in [0.2, 0.25) is 0 Å². The van der Waals surface area contributed by atoms with E-state index in [1.165, 1.54) is 11.1 Å². The zero-order valence-corrected chi connectivity index (χ0v) is 10.3. The van der Waals surface area contributed by atoms with E-state index in [1.807, 2.05) is 19.1 Å². The van der Waals surface area contributed by atoms with Crippen molar-refractivity contribution in [2.45, 2.75) is 31.8 Å². The van der Waals surface area contributed by atoms with Crippen LogP contribution in [-0.4, -0.2) is 20.8 Å². The molecule has 0 aromatic heterocycles.